The van der Waals surface area contributed by atoms with E-state index in [1.807, 2.05) is 18.2 Å². The molecule has 5 heteroatoms. The van der Waals surface area contributed by atoms with E-state index in [1.54, 1.807) is 0 Å². The fourth-order valence-corrected chi connectivity index (χ4v) is 8.41. The lowest BCUT2D eigenvalue weighted by Crippen LogP contribution is -2.13. The van der Waals surface area contributed by atoms with E-state index in [2.05, 4.69) is 150 Å². The molecule has 0 amide bonds. The van der Waals surface area contributed by atoms with Crippen molar-refractivity contribution in [1.29, 1.82) is 0 Å². The Balaban J connectivity index is 1.35. The van der Waals surface area contributed by atoms with Gasteiger partial charge in [-0.25, -0.2) is 15.0 Å². The zero-order chi connectivity index (χ0) is 38.0. The molecule has 55 heavy (non-hydrogen) atoms. The van der Waals surface area contributed by atoms with Crippen molar-refractivity contribution in [3.8, 4) is 39.5 Å². The van der Waals surface area contributed by atoms with Gasteiger partial charge < -0.3 is 9.67 Å². The van der Waals surface area contributed by atoms with E-state index >= 15 is 0 Å². The number of benzene rings is 4. The third-order valence-corrected chi connectivity index (χ3v) is 11.6. The molecule has 0 unspecified atom stereocenters. The predicted octanol–water partition coefficient (Wildman–Crippen LogP) is 12.0. The predicted molar refractivity (Wildman–Crippen MR) is 228 cm³/mol. The molecule has 10 rings (SSSR count). The van der Waals surface area contributed by atoms with Gasteiger partial charge in [0.1, 0.15) is 5.75 Å². The number of fused-ring (bicyclic) bond motifs is 9. The Morgan fingerprint density at radius 1 is 0.655 bits per heavy atom. The summed E-state index contributed by atoms with van der Waals surface area (Å²) in [6, 6.07) is 34.6. The van der Waals surface area contributed by atoms with Crippen LogP contribution >= 0.6 is 0 Å². The Hall–Kier alpha value is -6.33. The number of aromatic hydroxyl groups is 1. The van der Waals surface area contributed by atoms with Gasteiger partial charge in [-0.3, -0.25) is 0 Å². The molecule has 10 bridgehead atoms. The lowest BCUT2D eigenvalue weighted by molar-refractivity contribution is 0.475. The second-order valence-corrected chi connectivity index (χ2v) is 17.2. The first-order valence-electron chi connectivity index (χ1n) is 19.1. The number of hydrogen-bond acceptors (Lipinski definition) is 4. The van der Waals surface area contributed by atoms with Crippen LogP contribution in [0.4, 0.5) is 0 Å². The van der Waals surface area contributed by atoms with Crippen LogP contribution < -0.4 is 0 Å². The van der Waals surface area contributed by atoms with E-state index in [0.29, 0.717) is 29.1 Å². The SMILES string of the molecule is C=Cc1cccc(C2=C3C=CC(=N3)c3cc(C(C)(C)C)cc(c3O)-c3ccc4ccc5ccc(nc5c4n3)-c3cc(C(C)(C)C)cc4c3Cn3c2ccc3-4)c1. The van der Waals surface area contributed by atoms with Crippen LogP contribution in [0, 0.1) is 0 Å². The zero-order valence-electron chi connectivity index (χ0n) is 32.1. The van der Waals surface area contributed by atoms with E-state index in [-0.39, 0.29) is 16.6 Å². The summed E-state index contributed by atoms with van der Waals surface area (Å²) in [5.41, 5.74) is 17.3. The number of phenolic OH excluding ortho intramolecular Hbond substituents is 1. The normalized spacial score (nSPS) is 14.4. The Morgan fingerprint density at radius 2 is 1.25 bits per heavy atom. The minimum Gasteiger partial charge on any atom is -0.507 e. The molecule has 0 atom stereocenters. The van der Waals surface area contributed by atoms with E-state index < -0.39 is 0 Å². The molecular formula is C50H42N4O. The first-order valence-corrected chi connectivity index (χ1v) is 19.1. The average Bonchev–Trinajstić information content (AvgIpc) is 3.90. The monoisotopic (exact) mass is 714 g/mol. The van der Waals surface area contributed by atoms with Crippen molar-refractivity contribution < 1.29 is 5.11 Å². The number of hydrogen-bond donors (Lipinski definition) is 1. The highest BCUT2D eigenvalue weighted by atomic mass is 16.3. The Labute approximate surface area is 321 Å². The quantitative estimate of drug-likeness (QED) is 0.181. The van der Waals surface area contributed by atoms with Crippen LogP contribution in [-0.4, -0.2) is 25.4 Å². The number of nitrogens with zero attached hydrogens (tertiary/aromatic N) is 4. The highest BCUT2D eigenvalue weighted by Crippen LogP contribution is 2.46. The van der Waals surface area contributed by atoms with Crippen molar-refractivity contribution in [3.63, 3.8) is 0 Å². The highest BCUT2D eigenvalue weighted by Gasteiger charge is 2.31. The minimum absolute atomic E-state index is 0.0818. The van der Waals surface area contributed by atoms with Crippen molar-refractivity contribution in [1.82, 2.24) is 14.5 Å². The summed E-state index contributed by atoms with van der Waals surface area (Å²) in [5, 5.41) is 14.2. The molecule has 0 spiro atoms. The van der Waals surface area contributed by atoms with Crippen molar-refractivity contribution in [2.45, 2.75) is 58.9 Å². The molecule has 3 aliphatic heterocycles. The fourth-order valence-electron chi connectivity index (χ4n) is 8.41. The maximum atomic E-state index is 12.2. The van der Waals surface area contributed by atoms with Gasteiger partial charge in [-0.1, -0.05) is 96.7 Å². The molecule has 7 aromatic rings. The summed E-state index contributed by atoms with van der Waals surface area (Å²) >= 11 is 0. The molecule has 268 valence electrons. The maximum Gasteiger partial charge on any atom is 0.134 e. The number of aliphatic imine (C=N–C) groups is 1. The number of phenols is 1. The molecule has 3 aromatic heterocycles. The first-order chi connectivity index (χ1) is 26.4. The minimum atomic E-state index is -0.199. The van der Waals surface area contributed by atoms with E-state index in [9.17, 15) is 5.11 Å². The van der Waals surface area contributed by atoms with E-state index in [0.717, 1.165) is 66.7 Å². The Morgan fingerprint density at radius 3 is 1.93 bits per heavy atom. The van der Waals surface area contributed by atoms with Gasteiger partial charge >= 0.3 is 0 Å². The summed E-state index contributed by atoms with van der Waals surface area (Å²) in [6.45, 7) is 18.2. The second-order valence-electron chi connectivity index (χ2n) is 17.2. The molecule has 0 fully saturated rings. The maximum absolute atomic E-state index is 12.2. The first kappa shape index (κ1) is 33.3. The third kappa shape index (κ3) is 5.17. The molecule has 4 aromatic carbocycles. The van der Waals surface area contributed by atoms with Crippen molar-refractivity contribution >= 4 is 39.2 Å². The number of rotatable bonds is 2. The molecular weight excluding hydrogens is 673 g/mol. The van der Waals surface area contributed by atoms with Gasteiger partial charge in [0.2, 0.25) is 0 Å². The van der Waals surface area contributed by atoms with Gasteiger partial charge in [0.15, 0.2) is 0 Å². The standard InChI is InChI=1S/C50H42N4O/c1-8-28-10-9-11-31(22-28)45-42-19-18-40(51-42)36-25-33(50(5,6)7)26-37(48(36)55)41-17-15-30-13-12-29-14-16-39(52-46(29)47(30)53-41)34-23-32(49(2,3)4)24-35-38(34)27-54-43(35)20-21-44(45)54/h8-26,55H,1,27H2,2-7H3. The average molecular weight is 715 g/mol. The van der Waals surface area contributed by atoms with Gasteiger partial charge in [0, 0.05) is 50.8 Å². The van der Waals surface area contributed by atoms with Gasteiger partial charge in [-0.2, -0.15) is 0 Å². The summed E-state index contributed by atoms with van der Waals surface area (Å²) in [5.74, 6) is 0.161. The van der Waals surface area contributed by atoms with Crippen LogP contribution in [0.25, 0.3) is 67.2 Å². The van der Waals surface area contributed by atoms with Crippen LogP contribution in [0.2, 0.25) is 0 Å². The van der Waals surface area contributed by atoms with Crippen molar-refractivity contribution in [2.75, 3.05) is 0 Å². The fraction of sp³-hybridized carbons (Fsp3) is 0.180. The summed E-state index contributed by atoms with van der Waals surface area (Å²) in [7, 11) is 0. The van der Waals surface area contributed by atoms with Crippen LogP contribution in [0.15, 0.2) is 126 Å². The van der Waals surface area contributed by atoms with E-state index in [1.165, 1.54) is 22.4 Å². The second kappa shape index (κ2) is 11.6. The van der Waals surface area contributed by atoms with Crippen LogP contribution in [0.3, 0.4) is 0 Å². The number of allylic oxidation sites excluding steroid dienone is 2. The lowest BCUT2D eigenvalue weighted by Gasteiger charge is -2.22. The van der Waals surface area contributed by atoms with Crippen molar-refractivity contribution in [2.24, 2.45) is 4.99 Å². The summed E-state index contributed by atoms with van der Waals surface area (Å²) in [4.78, 5) is 16.1. The van der Waals surface area contributed by atoms with Gasteiger partial charge in [0.25, 0.3) is 0 Å². The van der Waals surface area contributed by atoms with Gasteiger partial charge in [-0.15, -0.1) is 0 Å². The molecule has 0 aliphatic carbocycles. The zero-order valence-corrected chi connectivity index (χ0v) is 32.1. The van der Waals surface area contributed by atoms with Gasteiger partial charge in [-0.05, 0) is 105 Å². The van der Waals surface area contributed by atoms with Crippen LogP contribution in [-0.2, 0) is 17.4 Å². The highest BCUT2D eigenvalue weighted by molar-refractivity contribution is 6.15. The molecule has 3 aliphatic rings. The molecule has 5 nitrogen and oxygen atoms in total. The van der Waals surface area contributed by atoms with Crippen molar-refractivity contribution in [3.05, 3.63) is 161 Å². The summed E-state index contributed by atoms with van der Waals surface area (Å²) < 4.78 is 2.44. The molecule has 0 saturated heterocycles. The third-order valence-electron chi connectivity index (χ3n) is 11.6. The number of aromatic nitrogens is 3. The van der Waals surface area contributed by atoms with Gasteiger partial charge in [0.05, 0.1) is 39.5 Å². The largest absolute Gasteiger partial charge is 0.507 e. The van der Waals surface area contributed by atoms with Crippen LogP contribution in [0.1, 0.15) is 80.6 Å². The Bertz CT molecular complexity index is 2940. The van der Waals surface area contributed by atoms with Crippen LogP contribution in [0.5, 0.6) is 5.75 Å². The topological polar surface area (TPSA) is 63.3 Å². The lowest BCUT2D eigenvalue weighted by atomic mass is 9.82. The Kier molecular flexibility index (Phi) is 7.00. The molecule has 1 N–H and O–H groups in total. The molecule has 6 heterocycles. The molecule has 0 saturated carbocycles. The van der Waals surface area contributed by atoms with E-state index in [4.69, 9.17) is 15.0 Å². The molecule has 0 radical (unpaired) electrons. The number of pyridine rings is 2. The summed E-state index contributed by atoms with van der Waals surface area (Å²) in [6.07, 6.45) is 6.02. The smallest absolute Gasteiger partial charge is 0.134 e.